The Morgan fingerprint density at radius 3 is 3.10 bits per heavy atom. The Balaban J connectivity index is 1.74. The summed E-state index contributed by atoms with van der Waals surface area (Å²) in [5.41, 5.74) is 0.0723. The zero-order valence-corrected chi connectivity index (χ0v) is 11.2. The predicted molar refractivity (Wildman–Crippen MR) is 71.3 cm³/mol. The van der Waals surface area contributed by atoms with Gasteiger partial charge in [-0.3, -0.25) is 4.79 Å². The third-order valence-corrected chi connectivity index (χ3v) is 4.31. The summed E-state index contributed by atoms with van der Waals surface area (Å²) in [7, 11) is 0. The molecule has 108 valence electrons. The summed E-state index contributed by atoms with van der Waals surface area (Å²) in [4.78, 5) is 11.6. The third kappa shape index (κ3) is 2.38. The highest BCUT2D eigenvalue weighted by molar-refractivity contribution is 5.75. The van der Waals surface area contributed by atoms with Gasteiger partial charge >= 0.3 is 5.97 Å². The van der Waals surface area contributed by atoms with Gasteiger partial charge in [0.15, 0.2) is 0 Å². The van der Waals surface area contributed by atoms with Gasteiger partial charge in [0.25, 0.3) is 0 Å². The largest absolute Gasteiger partial charge is 0.490 e. The number of carboxylic acids is 1. The molecule has 2 N–H and O–H groups in total. The summed E-state index contributed by atoms with van der Waals surface area (Å²) in [5, 5.41) is 12.7. The molecule has 20 heavy (non-hydrogen) atoms. The standard InChI is InChI=1S/C15H18FNO3/c16-11-2-3-13-10(6-11)7-12(20-13)8-15(14(18)19)4-1-5-17-9-15/h2-3,6,12,17H,1,4-5,7-9H2,(H,18,19). The molecular formula is C15H18FNO3. The van der Waals surface area contributed by atoms with Crippen molar-refractivity contribution < 1.29 is 19.0 Å². The molecule has 0 radical (unpaired) electrons. The lowest BCUT2D eigenvalue weighted by molar-refractivity contribution is -0.151. The molecule has 0 aliphatic carbocycles. The minimum Gasteiger partial charge on any atom is -0.490 e. The molecule has 2 aliphatic rings. The van der Waals surface area contributed by atoms with Gasteiger partial charge in [-0.15, -0.1) is 0 Å². The molecule has 3 rings (SSSR count). The number of aliphatic carboxylic acids is 1. The predicted octanol–water partition coefficient (Wildman–Crippen LogP) is 1.97. The topological polar surface area (TPSA) is 58.6 Å². The first kappa shape index (κ1) is 13.4. The Hall–Kier alpha value is -1.62. The van der Waals surface area contributed by atoms with E-state index in [2.05, 4.69) is 5.32 Å². The maximum absolute atomic E-state index is 13.2. The fourth-order valence-electron chi connectivity index (χ4n) is 3.25. The van der Waals surface area contributed by atoms with Crippen molar-refractivity contribution in [1.82, 2.24) is 5.32 Å². The molecule has 2 aliphatic heterocycles. The van der Waals surface area contributed by atoms with Gasteiger partial charge in [0, 0.05) is 24.9 Å². The van der Waals surface area contributed by atoms with Crippen LogP contribution in [0.3, 0.4) is 0 Å². The number of benzene rings is 1. The van der Waals surface area contributed by atoms with E-state index >= 15 is 0 Å². The second kappa shape index (κ2) is 5.05. The molecule has 1 fully saturated rings. The Morgan fingerprint density at radius 1 is 1.55 bits per heavy atom. The quantitative estimate of drug-likeness (QED) is 0.888. The fraction of sp³-hybridized carbons (Fsp3) is 0.533. The van der Waals surface area contributed by atoms with Crippen LogP contribution in [0.5, 0.6) is 5.75 Å². The average molecular weight is 279 g/mol. The van der Waals surface area contributed by atoms with E-state index in [0.717, 1.165) is 18.5 Å². The Kier molecular flexibility index (Phi) is 3.38. The Labute approximate surface area is 116 Å². The monoisotopic (exact) mass is 279 g/mol. The van der Waals surface area contributed by atoms with Gasteiger partial charge in [-0.25, -0.2) is 4.39 Å². The van der Waals surface area contributed by atoms with E-state index in [1.807, 2.05) is 0 Å². The van der Waals surface area contributed by atoms with Gasteiger partial charge in [0.05, 0.1) is 5.41 Å². The highest BCUT2D eigenvalue weighted by Crippen LogP contribution is 2.38. The molecule has 2 unspecified atom stereocenters. The van der Waals surface area contributed by atoms with Crippen LogP contribution in [0, 0.1) is 11.2 Å². The van der Waals surface area contributed by atoms with Crippen LogP contribution < -0.4 is 10.1 Å². The number of ether oxygens (including phenoxy) is 1. The lowest BCUT2D eigenvalue weighted by Crippen LogP contribution is -2.47. The average Bonchev–Trinajstić information content (AvgIpc) is 2.80. The molecule has 0 bridgehead atoms. The van der Waals surface area contributed by atoms with Crippen LogP contribution in [-0.2, 0) is 11.2 Å². The number of hydrogen-bond acceptors (Lipinski definition) is 3. The van der Waals surface area contributed by atoms with Crippen LogP contribution >= 0.6 is 0 Å². The van der Waals surface area contributed by atoms with Crippen molar-refractivity contribution in [2.45, 2.75) is 31.8 Å². The van der Waals surface area contributed by atoms with Gasteiger partial charge in [0.2, 0.25) is 0 Å². The minimum atomic E-state index is -0.768. The van der Waals surface area contributed by atoms with Crippen LogP contribution in [0.4, 0.5) is 4.39 Å². The molecule has 4 nitrogen and oxygen atoms in total. The molecule has 5 heteroatoms. The van der Waals surface area contributed by atoms with Gasteiger partial charge < -0.3 is 15.2 Å². The maximum Gasteiger partial charge on any atom is 0.311 e. The summed E-state index contributed by atoms with van der Waals surface area (Å²) >= 11 is 0. The lowest BCUT2D eigenvalue weighted by Gasteiger charge is -2.35. The van der Waals surface area contributed by atoms with E-state index in [-0.39, 0.29) is 11.9 Å². The van der Waals surface area contributed by atoms with Crippen molar-refractivity contribution in [3.05, 3.63) is 29.6 Å². The number of nitrogens with one attached hydrogen (secondary N) is 1. The second-order valence-electron chi connectivity index (χ2n) is 5.77. The zero-order valence-electron chi connectivity index (χ0n) is 11.2. The molecule has 2 heterocycles. The number of rotatable bonds is 3. The van der Waals surface area contributed by atoms with E-state index in [4.69, 9.17) is 4.74 Å². The molecule has 0 spiro atoms. The molecule has 0 aromatic heterocycles. The molecule has 1 aromatic rings. The van der Waals surface area contributed by atoms with Crippen molar-refractivity contribution in [3.8, 4) is 5.75 Å². The summed E-state index contributed by atoms with van der Waals surface area (Å²) in [6.07, 6.45) is 2.40. The zero-order chi connectivity index (χ0) is 14.2. The summed E-state index contributed by atoms with van der Waals surface area (Å²) in [6.45, 7) is 1.35. The highest BCUT2D eigenvalue weighted by Gasteiger charge is 2.43. The van der Waals surface area contributed by atoms with E-state index in [0.29, 0.717) is 31.6 Å². The minimum absolute atomic E-state index is 0.178. The first-order chi connectivity index (χ1) is 9.59. The molecule has 1 aromatic carbocycles. The first-order valence-corrected chi connectivity index (χ1v) is 6.98. The van der Waals surface area contributed by atoms with Gasteiger partial charge in [-0.05, 0) is 37.6 Å². The Morgan fingerprint density at radius 2 is 2.40 bits per heavy atom. The van der Waals surface area contributed by atoms with Crippen LogP contribution in [-0.4, -0.2) is 30.3 Å². The van der Waals surface area contributed by atoms with Crippen LogP contribution in [0.25, 0.3) is 0 Å². The van der Waals surface area contributed by atoms with Crippen molar-refractivity contribution in [3.63, 3.8) is 0 Å². The SMILES string of the molecule is O=C(O)C1(CC2Cc3cc(F)ccc3O2)CCCNC1. The highest BCUT2D eigenvalue weighted by atomic mass is 19.1. The number of carboxylic acid groups (broad SMARTS) is 1. The molecule has 0 amide bonds. The third-order valence-electron chi connectivity index (χ3n) is 4.31. The summed E-state index contributed by atoms with van der Waals surface area (Å²) in [5.74, 6) is -0.364. The van der Waals surface area contributed by atoms with E-state index in [1.165, 1.54) is 12.1 Å². The number of halogens is 1. The smallest absolute Gasteiger partial charge is 0.311 e. The van der Waals surface area contributed by atoms with Gasteiger partial charge in [0.1, 0.15) is 17.7 Å². The number of fused-ring (bicyclic) bond motifs is 1. The van der Waals surface area contributed by atoms with Crippen molar-refractivity contribution >= 4 is 5.97 Å². The normalized spacial score (nSPS) is 28.8. The first-order valence-electron chi connectivity index (χ1n) is 6.98. The van der Waals surface area contributed by atoms with Crippen LogP contribution in [0.15, 0.2) is 18.2 Å². The lowest BCUT2D eigenvalue weighted by atomic mass is 9.75. The maximum atomic E-state index is 13.2. The van der Waals surface area contributed by atoms with E-state index in [1.54, 1.807) is 6.07 Å². The summed E-state index contributed by atoms with van der Waals surface area (Å²) < 4.78 is 19.0. The van der Waals surface area contributed by atoms with Gasteiger partial charge in [-0.1, -0.05) is 0 Å². The van der Waals surface area contributed by atoms with Gasteiger partial charge in [-0.2, -0.15) is 0 Å². The second-order valence-corrected chi connectivity index (χ2v) is 5.77. The van der Waals surface area contributed by atoms with Crippen molar-refractivity contribution in [2.24, 2.45) is 5.41 Å². The molecular weight excluding hydrogens is 261 g/mol. The van der Waals surface area contributed by atoms with Crippen molar-refractivity contribution in [1.29, 1.82) is 0 Å². The number of hydrogen-bond donors (Lipinski definition) is 2. The van der Waals surface area contributed by atoms with Crippen LogP contribution in [0.1, 0.15) is 24.8 Å². The van der Waals surface area contributed by atoms with E-state index < -0.39 is 11.4 Å². The van der Waals surface area contributed by atoms with Crippen LogP contribution in [0.2, 0.25) is 0 Å². The van der Waals surface area contributed by atoms with Crippen molar-refractivity contribution in [2.75, 3.05) is 13.1 Å². The molecule has 2 atom stereocenters. The number of carbonyl (C=O) groups is 1. The number of piperidine rings is 1. The summed E-state index contributed by atoms with van der Waals surface area (Å²) in [6, 6.07) is 4.47. The van der Waals surface area contributed by atoms with E-state index in [9.17, 15) is 14.3 Å². The molecule has 0 saturated carbocycles. The fourth-order valence-corrected chi connectivity index (χ4v) is 3.25. The molecule has 1 saturated heterocycles. The Bertz CT molecular complexity index is 526.